The molecule has 1 aliphatic carbocycles. The summed E-state index contributed by atoms with van der Waals surface area (Å²) < 4.78 is 0. The van der Waals surface area contributed by atoms with Crippen molar-refractivity contribution in [2.75, 3.05) is 0 Å². The molecule has 1 aliphatic rings. The Morgan fingerprint density at radius 2 is 0.842 bits per heavy atom. The van der Waals surface area contributed by atoms with Crippen molar-refractivity contribution < 1.29 is 0 Å². The summed E-state index contributed by atoms with van der Waals surface area (Å²) in [7, 11) is 0. The Labute approximate surface area is 224 Å². The summed E-state index contributed by atoms with van der Waals surface area (Å²) in [5.41, 5.74) is 16.2. The highest BCUT2D eigenvalue weighted by Crippen LogP contribution is 2.53. The third-order valence-corrected chi connectivity index (χ3v) is 7.78. The normalized spacial score (nSPS) is 11.7. The summed E-state index contributed by atoms with van der Waals surface area (Å²) in [6.45, 7) is 0. The van der Waals surface area contributed by atoms with Crippen LogP contribution >= 0.6 is 0 Å². The van der Waals surface area contributed by atoms with E-state index in [1.54, 1.807) is 0 Å². The van der Waals surface area contributed by atoms with Gasteiger partial charge in [-0.2, -0.15) is 0 Å². The van der Waals surface area contributed by atoms with E-state index in [1.807, 2.05) is 0 Å². The summed E-state index contributed by atoms with van der Waals surface area (Å²) in [4.78, 5) is 0. The van der Waals surface area contributed by atoms with Crippen molar-refractivity contribution in [3.8, 4) is 44.5 Å². The van der Waals surface area contributed by atoms with Gasteiger partial charge in [0.15, 0.2) is 0 Å². The second-order valence-corrected chi connectivity index (χ2v) is 10.1. The Bertz CT molecular complexity index is 1710. The zero-order chi connectivity index (χ0) is 25.3. The Hall–Kier alpha value is -4.68. The molecule has 38 heavy (non-hydrogen) atoms. The highest BCUT2D eigenvalue weighted by Gasteiger charge is 2.31. The largest absolute Gasteiger partial charge is 0.0622 e. The first kappa shape index (κ1) is 22.5. The summed E-state index contributed by atoms with van der Waals surface area (Å²) >= 11 is 0. The van der Waals surface area contributed by atoms with Gasteiger partial charge in [-0.15, -0.1) is 0 Å². The van der Waals surface area contributed by atoms with Gasteiger partial charge in [-0.25, -0.2) is 0 Å². The lowest BCUT2D eigenvalue weighted by atomic mass is 9.77. The lowest BCUT2D eigenvalue weighted by Crippen LogP contribution is -2.04. The van der Waals surface area contributed by atoms with Gasteiger partial charge in [-0.3, -0.25) is 0 Å². The number of fused-ring (bicyclic) bond motifs is 3. The molecule has 0 heterocycles. The van der Waals surface area contributed by atoms with E-state index in [0.717, 1.165) is 12.8 Å². The Kier molecular flexibility index (Phi) is 5.72. The van der Waals surface area contributed by atoms with E-state index in [4.69, 9.17) is 0 Å². The molecule has 6 aromatic rings. The molecule has 0 amide bonds. The molecule has 0 bridgehead atoms. The van der Waals surface area contributed by atoms with E-state index in [-0.39, 0.29) is 0 Å². The second-order valence-electron chi connectivity index (χ2n) is 10.1. The van der Waals surface area contributed by atoms with E-state index < -0.39 is 0 Å². The maximum Gasteiger partial charge on any atom is -0.00101 e. The maximum absolute atomic E-state index is 2.32. The fourth-order valence-corrected chi connectivity index (χ4v) is 6.16. The molecule has 180 valence electrons. The molecule has 0 atom stereocenters. The van der Waals surface area contributed by atoms with Gasteiger partial charge in [0.05, 0.1) is 0 Å². The number of rotatable bonds is 5. The van der Waals surface area contributed by atoms with Crippen LogP contribution in [-0.2, 0) is 12.8 Å². The second kappa shape index (κ2) is 9.65. The van der Waals surface area contributed by atoms with Crippen molar-refractivity contribution in [1.82, 2.24) is 0 Å². The van der Waals surface area contributed by atoms with Crippen molar-refractivity contribution in [3.05, 3.63) is 168 Å². The topological polar surface area (TPSA) is 0 Å². The summed E-state index contributed by atoms with van der Waals surface area (Å²) in [6.07, 6.45) is 1.86. The molecular formula is C38H28. The summed E-state index contributed by atoms with van der Waals surface area (Å²) in [6, 6.07) is 52.9. The van der Waals surface area contributed by atoms with Crippen LogP contribution in [0.5, 0.6) is 0 Å². The Morgan fingerprint density at radius 1 is 0.395 bits per heavy atom. The smallest absolute Gasteiger partial charge is 0.00101 e. The first-order chi connectivity index (χ1) is 18.9. The average molecular weight is 485 g/mol. The molecule has 7 rings (SSSR count). The highest BCUT2D eigenvalue weighted by molar-refractivity contribution is 6.06. The molecule has 0 unspecified atom stereocenters. The third kappa shape index (κ3) is 3.86. The van der Waals surface area contributed by atoms with Crippen LogP contribution in [0.15, 0.2) is 146 Å². The van der Waals surface area contributed by atoms with Gasteiger partial charge >= 0.3 is 0 Å². The minimum atomic E-state index is 0.899. The Balaban J connectivity index is 1.68. The predicted octanol–water partition coefficient (Wildman–Crippen LogP) is 9.85. The SMILES string of the molecule is c1ccc(Cc2c3c(c(-c4ccccc4)c(-c4ccccc4)c2-c2ccccc2)-c2ccccc2C3)cc1. The molecule has 0 spiro atoms. The van der Waals surface area contributed by atoms with E-state index in [9.17, 15) is 0 Å². The molecule has 6 aromatic carbocycles. The first-order valence-electron chi connectivity index (χ1n) is 13.4. The highest BCUT2D eigenvalue weighted by atomic mass is 14.3. The number of hydrogen-bond donors (Lipinski definition) is 0. The fourth-order valence-electron chi connectivity index (χ4n) is 6.16. The minimum absolute atomic E-state index is 0.899. The molecule has 0 aromatic heterocycles. The van der Waals surface area contributed by atoms with E-state index in [0.29, 0.717) is 0 Å². The predicted molar refractivity (Wildman–Crippen MR) is 160 cm³/mol. The zero-order valence-corrected chi connectivity index (χ0v) is 21.3. The van der Waals surface area contributed by atoms with Crippen LogP contribution in [0.1, 0.15) is 22.3 Å². The van der Waals surface area contributed by atoms with E-state index in [1.165, 1.54) is 66.8 Å². The monoisotopic (exact) mass is 484 g/mol. The van der Waals surface area contributed by atoms with Crippen molar-refractivity contribution in [2.45, 2.75) is 12.8 Å². The molecular weight excluding hydrogens is 456 g/mol. The van der Waals surface area contributed by atoms with Crippen LogP contribution in [0.4, 0.5) is 0 Å². The molecule has 0 saturated heterocycles. The maximum atomic E-state index is 2.32. The quantitative estimate of drug-likeness (QED) is 0.228. The number of hydrogen-bond acceptors (Lipinski definition) is 0. The molecule has 0 nitrogen and oxygen atoms in total. The van der Waals surface area contributed by atoms with Gasteiger partial charge in [-0.1, -0.05) is 146 Å². The molecule has 0 heteroatoms. The zero-order valence-electron chi connectivity index (χ0n) is 21.3. The van der Waals surface area contributed by atoms with Gasteiger partial charge in [0.1, 0.15) is 0 Å². The van der Waals surface area contributed by atoms with Crippen LogP contribution in [0.25, 0.3) is 44.5 Å². The first-order valence-corrected chi connectivity index (χ1v) is 13.4. The van der Waals surface area contributed by atoms with Crippen LogP contribution in [-0.4, -0.2) is 0 Å². The van der Waals surface area contributed by atoms with Crippen molar-refractivity contribution in [2.24, 2.45) is 0 Å². The minimum Gasteiger partial charge on any atom is -0.0622 e. The average Bonchev–Trinajstić information content (AvgIpc) is 3.38. The molecule has 0 saturated carbocycles. The summed E-state index contributed by atoms with van der Waals surface area (Å²) in [5, 5.41) is 0. The number of benzene rings is 6. The fraction of sp³-hybridized carbons (Fsp3) is 0.0526. The van der Waals surface area contributed by atoms with Gasteiger partial charge in [0.25, 0.3) is 0 Å². The van der Waals surface area contributed by atoms with Gasteiger partial charge < -0.3 is 0 Å². The van der Waals surface area contributed by atoms with E-state index >= 15 is 0 Å². The van der Waals surface area contributed by atoms with Crippen LogP contribution in [0, 0.1) is 0 Å². The van der Waals surface area contributed by atoms with Crippen molar-refractivity contribution >= 4 is 0 Å². The van der Waals surface area contributed by atoms with Crippen LogP contribution in [0.3, 0.4) is 0 Å². The lowest BCUT2D eigenvalue weighted by molar-refractivity contribution is 1.12. The van der Waals surface area contributed by atoms with Gasteiger partial charge in [-0.05, 0) is 79.6 Å². The van der Waals surface area contributed by atoms with Gasteiger partial charge in [0.2, 0.25) is 0 Å². The summed E-state index contributed by atoms with van der Waals surface area (Å²) in [5.74, 6) is 0. The van der Waals surface area contributed by atoms with Crippen LogP contribution < -0.4 is 0 Å². The van der Waals surface area contributed by atoms with Crippen LogP contribution in [0.2, 0.25) is 0 Å². The molecule has 0 fully saturated rings. The third-order valence-electron chi connectivity index (χ3n) is 7.78. The lowest BCUT2D eigenvalue weighted by Gasteiger charge is -2.25. The Morgan fingerprint density at radius 3 is 1.42 bits per heavy atom. The standard InChI is InChI=1S/C38H28/c1-5-15-27(16-6-1)25-33-34-26-31-23-13-14-24-32(31)38(34)37(30-21-11-4-12-22-30)36(29-19-9-3-10-20-29)35(33)28-17-7-2-8-18-28/h1-24H,25-26H2. The van der Waals surface area contributed by atoms with Crippen molar-refractivity contribution in [1.29, 1.82) is 0 Å². The van der Waals surface area contributed by atoms with Crippen molar-refractivity contribution in [3.63, 3.8) is 0 Å². The van der Waals surface area contributed by atoms with E-state index in [2.05, 4.69) is 146 Å². The van der Waals surface area contributed by atoms with Gasteiger partial charge in [0, 0.05) is 0 Å². The molecule has 0 radical (unpaired) electrons. The molecule has 0 N–H and O–H groups in total. The molecule has 0 aliphatic heterocycles.